The maximum absolute atomic E-state index is 12.9. The molecular weight excluding hydrogens is 211 g/mol. The molecule has 2 unspecified atom stereocenters. The van der Waals surface area contributed by atoms with Gasteiger partial charge in [0.2, 0.25) is 5.76 Å². The Labute approximate surface area is 93.2 Å². The number of aromatic nitrogens is 1. The number of hydrogen-bond acceptors (Lipinski definition) is 3. The lowest BCUT2D eigenvalue weighted by Gasteiger charge is -2.10. The summed E-state index contributed by atoms with van der Waals surface area (Å²) in [4.78, 5) is 15.8. The van der Waals surface area contributed by atoms with Gasteiger partial charge in [0.05, 0.1) is 5.69 Å². The van der Waals surface area contributed by atoms with Crippen LogP contribution in [0.15, 0.2) is 4.42 Å². The third kappa shape index (κ3) is 2.23. The second-order valence-electron chi connectivity index (χ2n) is 4.23. The van der Waals surface area contributed by atoms with Crippen LogP contribution >= 0.6 is 0 Å². The number of carbonyl (C=O) groups excluding carboxylic acids is 1. The topological polar surface area (TPSA) is 55.1 Å². The van der Waals surface area contributed by atoms with Gasteiger partial charge in [-0.15, -0.1) is 0 Å². The van der Waals surface area contributed by atoms with Crippen molar-refractivity contribution in [3.63, 3.8) is 0 Å². The fourth-order valence-electron chi connectivity index (χ4n) is 2.05. The monoisotopic (exact) mass is 226 g/mol. The molecule has 1 aromatic heterocycles. The van der Waals surface area contributed by atoms with Crippen molar-refractivity contribution >= 4 is 5.91 Å². The van der Waals surface area contributed by atoms with Crippen molar-refractivity contribution in [2.75, 3.05) is 0 Å². The van der Waals surface area contributed by atoms with E-state index in [1.807, 2.05) is 0 Å². The molecule has 0 saturated heterocycles. The van der Waals surface area contributed by atoms with Crippen LogP contribution in [0.5, 0.6) is 0 Å². The van der Waals surface area contributed by atoms with Crippen LogP contribution < -0.4 is 5.32 Å². The van der Waals surface area contributed by atoms with Crippen molar-refractivity contribution in [3.05, 3.63) is 17.3 Å². The first-order valence-electron chi connectivity index (χ1n) is 5.45. The molecule has 1 aromatic rings. The molecule has 0 spiro atoms. The van der Waals surface area contributed by atoms with Gasteiger partial charge in [-0.1, -0.05) is 0 Å². The Morgan fingerprint density at radius 1 is 1.50 bits per heavy atom. The lowest BCUT2D eigenvalue weighted by atomic mass is 10.2. The standard InChI is InChI=1S/C11H15FN2O2/c1-6-10(16-7(2)13-6)11(15)14-9-4-3-8(12)5-9/h8-9H,3-5H2,1-2H3,(H,14,15). The molecule has 2 rings (SSSR count). The third-order valence-electron chi connectivity index (χ3n) is 2.81. The fraction of sp³-hybridized carbons (Fsp3) is 0.636. The number of nitrogens with one attached hydrogen (secondary N) is 1. The predicted octanol–water partition coefficient (Wildman–Crippen LogP) is 1.91. The van der Waals surface area contributed by atoms with Gasteiger partial charge >= 0.3 is 0 Å². The molecule has 1 fully saturated rings. The van der Waals surface area contributed by atoms with Gasteiger partial charge in [-0.2, -0.15) is 0 Å². The van der Waals surface area contributed by atoms with Gasteiger partial charge in [0.15, 0.2) is 5.89 Å². The van der Waals surface area contributed by atoms with E-state index >= 15 is 0 Å². The summed E-state index contributed by atoms with van der Waals surface area (Å²) < 4.78 is 18.1. The summed E-state index contributed by atoms with van der Waals surface area (Å²) in [6.45, 7) is 3.41. The first-order chi connectivity index (χ1) is 7.56. The average Bonchev–Trinajstić information content (AvgIpc) is 2.73. The predicted molar refractivity (Wildman–Crippen MR) is 56.0 cm³/mol. The molecule has 1 heterocycles. The van der Waals surface area contributed by atoms with Crippen molar-refractivity contribution in [2.24, 2.45) is 0 Å². The number of nitrogens with zero attached hydrogens (tertiary/aromatic N) is 1. The highest BCUT2D eigenvalue weighted by Gasteiger charge is 2.27. The first kappa shape index (κ1) is 11.1. The van der Waals surface area contributed by atoms with Crippen LogP contribution in [0.25, 0.3) is 0 Å². The fourth-order valence-corrected chi connectivity index (χ4v) is 2.05. The second-order valence-corrected chi connectivity index (χ2v) is 4.23. The van der Waals surface area contributed by atoms with Gasteiger partial charge in [-0.05, 0) is 26.2 Å². The molecule has 4 nitrogen and oxygen atoms in total. The Bertz CT molecular complexity index is 403. The quantitative estimate of drug-likeness (QED) is 0.838. The van der Waals surface area contributed by atoms with E-state index in [-0.39, 0.29) is 17.7 Å². The van der Waals surface area contributed by atoms with Gasteiger partial charge in [0.1, 0.15) is 6.17 Å². The molecule has 5 heteroatoms. The summed E-state index contributed by atoms with van der Waals surface area (Å²) in [5.41, 5.74) is 0.574. The van der Waals surface area contributed by atoms with Crippen molar-refractivity contribution in [1.29, 1.82) is 0 Å². The number of carbonyl (C=O) groups is 1. The Hall–Kier alpha value is -1.39. The molecule has 0 bridgehead atoms. The van der Waals surface area contributed by atoms with Gasteiger partial charge < -0.3 is 9.73 Å². The van der Waals surface area contributed by atoms with Crippen LogP contribution in [0, 0.1) is 13.8 Å². The number of alkyl halides is 1. The van der Waals surface area contributed by atoms with E-state index in [1.54, 1.807) is 13.8 Å². The Morgan fingerprint density at radius 2 is 2.25 bits per heavy atom. The smallest absolute Gasteiger partial charge is 0.289 e. The van der Waals surface area contributed by atoms with Gasteiger partial charge in [-0.3, -0.25) is 4.79 Å². The molecule has 16 heavy (non-hydrogen) atoms. The number of rotatable bonds is 2. The number of hydrogen-bond donors (Lipinski definition) is 1. The van der Waals surface area contributed by atoms with Crippen LogP contribution in [-0.2, 0) is 0 Å². The highest BCUT2D eigenvalue weighted by molar-refractivity contribution is 5.92. The van der Waals surface area contributed by atoms with Crippen LogP contribution in [0.4, 0.5) is 4.39 Å². The zero-order chi connectivity index (χ0) is 11.7. The molecule has 2 atom stereocenters. The summed E-state index contributed by atoms with van der Waals surface area (Å²) in [6, 6.07) is -0.0766. The van der Waals surface area contributed by atoms with E-state index in [0.29, 0.717) is 30.8 Å². The zero-order valence-corrected chi connectivity index (χ0v) is 9.42. The summed E-state index contributed by atoms with van der Waals surface area (Å²) in [5, 5.41) is 2.77. The highest BCUT2D eigenvalue weighted by atomic mass is 19.1. The normalized spacial score (nSPS) is 24.7. The average molecular weight is 226 g/mol. The minimum Gasteiger partial charge on any atom is -0.436 e. The van der Waals surface area contributed by atoms with Crippen LogP contribution in [0.2, 0.25) is 0 Å². The molecular formula is C11H15FN2O2. The molecule has 1 saturated carbocycles. The first-order valence-corrected chi connectivity index (χ1v) is 5.45. The van der Waals surface area contributed by atoms with Crippen molar-refractivity contribution in [3.8, 4) is 0 Å². The zero-order valence-electron chi connectivity index (χ0n) is 9.42. The van der Waals surface area contributed by atoms with Crippen molar-refractivity contribution in [1.82, 2.24) is 10.3 Å². The van der Waals surface area contributed by atoms with Crippen LogP contribution in [-0.4, -0.2) is 23.1 Å². The van der Waals surface area contributed by atoms with Crippen LogP contribution in [0.3, 0.4) is 0 Å². The Kier molecular flexibility index (Phi) is 2.94. The lowest BCUT2D eigenvalue weighted by Crippen LogP contribution is -2.33. The highest BCUT2D eigenvalue weighted by Crippen LogP contribution is 2.22. The summed E-state index contributed by atoms with van der Waals surface area (Å²) in [6.07, 6.45) is 0.832. The number of oxazole rings is 1. The molecule has 1 amide bonds. The molecule has 88 valence electrons. The summed E-state index contributed by atoms with van der Waals surface area (Å²) in [5.74, 6) is 0.412. The molecule has 1 N–H and O–H groups in total. The second kappa shape index (κ2) is 4.23. The number of halogens is 1. The summed E-state index contributed by atoms with van der Waals surface area (Å²) in [7, 11) is 0. The molecule has 1 aliphatic rings. The maximum atomic E-state index is 12.9. The maximum Gasteiger partial charge on any atom is 0.289 e. The lowest BCUT2D eigenvalue weighted by molar-refractivity contribution is 0.0906. The van der Waals surface area contributed by atoms with E-state index in [9.17, 15) is 9.18 Å². The Balaban J connectivity index is 2.00. The molecule has 1 aliphatic carbocycles. The van der Waals surface area contributed by atoms with Gasteiger partial charge in [0.25, 0.3) is 5.91 Å². The van der Waals surface area contributed by atoms with Crippen molar-refractivity contribution in [2.45, 2.75) is 45.3 Å². The molecule has 0 aromatic carbocycles. The third-order valence-corrected chi connectivity index (χ3v) is 2.81. The van der Waals surface area contributed by atoms with Crippen molar-refractivity contribution < 1.29 is 13.6 Å². The molecule has 0 radical (unpaired) electrons. The minimum atomic E-state index is -0.789. The summed E-state index contributed by atoms with van der Waals surface area (Å²) >= 11 is 0. The van der Waals surface area contributed by atoms with Gasteiger partial charge in [0, 0.05) is 13.0 Å². The van der Waals surface area contributed by atoms with E-state index in [1.165, 1.54) is 0 Å². The van der Waals surface area contributed by atoms with E-state index in [2.05, 4.69) is 10.3 Å². The largest absolute Gasteiger partial charge is 0.436 e. The van der Waals surface area contributed by atoms with E-state index < -0.39 is 6.17 Å². The van der Waals surface area contributed by atoms with E-state index in [4.69, 9.17) is 4.42 Å². The number of aryl methyl sites for hydroxylation is 2. The Morgan fingerprint density at radius 3 is 2.75 bits per heavy atom. The SMILES string of the molecule is Cc1nc(C)c(C(=O)NC2CCC(F)C2)o1. The van der Waals surface area contributed by atoms with Crippen LogP contribution in [0.1, 0.15) is 41.4 Å². The molecule has 0 aliphatic heterocycles. The van der Waals surface area contributed by atoms with E-state index in [0.717, 1.165) is 0 Å². The minimum absolute atomic E-state index is 0.0766. The number of amides is 1. The van der Waals surface area contributed by atoms with Gasteiger partial charge in [-0.25, -0.2) is 9.37 Å².